The number of fused-ring (bicyclic) bond motifs is 1. The molecule has 0 amide bonds. The Balaban J connectivity index is 1.69. The van der Waals surface area contributed by atoms with E-state index in [-0.39, 0.29) is 0 Å². The van der Waals surface area contributed by atoms with Crippen LogP contribution in [-0.4, -0.2) is 23.6 Å². The maximum absolute atomic E-state index is 12.8. The van der Waals surface area contributed by atoms with E-state index in [0.717, 1.165) is 34.7 Å². The van der Waals surface area contributed by atoms with E-state index in [1.807, 2.05) is 40.9 Å². The van der Waals surface area contributed by atoms with Gasteiger partial charge in [0, 0.05) is 18.3 Å². The van der Waals surface area contributed by atoms with E-state index in [1.54, 1.807) is 20.3 Å². The largest absolute Gasteiger partial charge is 0.493 e. The average Bonchev–Trinajstić information content (AvgIpc) is 3.15. The molecule has 0 fully saturated rings. The first-order chi connectivity index (χ1) is 14.9. The summed E-state index contributed by atoms with van der Waals surface area (Å²) in [6.07, 6.45) is -2.48. The zero-order valence-corrected chi connectivity index (χ0v) is 16.9. The number of methoxy groups -OCH3 is 2. The van der Waals surface area contributed by atoms with Gasteiger partial charge in [-0.3, -0.25) is 4.40 Å². The molecule has 4 rings (SSSR count). The minimum absolute atomic E-state index is 0.334. The van der Waals surface area contributed by atoms with Crippen LogP contribution < -0.4 is 14.8 Å². The molecule has 0 aliphatic heterocycles. The second kappa shape index (κ2) is 8.22. The van der Waals surface area contributed by atoms with Crippen molar-refractivity contribution in [2.75, 3.05) is 19.5 Å². The normalized spacial score (nSPS) is 11.5. The predicted octanol–water partition coefficient (Wildman–Crippen LogP) is 5.65. The fourth-order valence-electron chi connectivity index (χ4n) is 3.35. The van der Waals surface area contributed by atoms with Crippen LogP contribution >= 0.6 is 0 Å². The number of hydrogen-bond donors (Lipinski definition) is 1. The fourth-order valence-corrected chi connectivity index (χ4v) is 3.35. The summed E-state index contributed by atoms with van der Waals surface area (Å²) in [5.41, 5.74) is 2.30. The Labute approximate surface area is 177 Å². The molecule has 5 nitrogen and oxygen atoms in total. The molecule has 0 aliphatic carbocycles. The van der Waals surface area contributed by atoms with Gasteiger partial charge in [0.25, 0.3) is 0 Å². The predicted molar refractivity (Wildman–Crippen MR) is 113 cm³/mol. The zero-order valence-electron chi connectivity index (χ0n) is 16.9. The van der Waals surface area contributed by atoms with Gasteiger partial charge in [-0.1, -0.05) is 18.2 Å². The third-order valence-electron chi connectivity index (χ3n) is 4.93. The molecule has 8 heteroatoms. The van der Waals surface area contributed by atoms with Crippen LogP contribution in [0.15, 0.2) is 66.9 Å². The third-order valence-corrected chi connectivity index (χ3v) is 4.93. The molecule has 0 saturated carbocycles. The molecule has 2 aromatic heterocycles. The molecule has 4 aromatic rings. The molecule has 2 heterocycles. The van der Waals surface area contributed by atoms with E-state index in [4.69, 9.17) is 14.5 Å². The number of benzene rings is 2. The van der Waals surface area contributed by atoms with Crippen LogP contribution in [0.25, 0.3) is 16.9 Å². The monoisotopic (exact) mass is 427 g/mol. The van der Waals surface area contributed by atoms with E-state index >= 15 is 0 Å². The van der Waals surface area contributed by atoms with Gasteiger partial charge in [-0.05, 0) is 48.0 Å². The number of nitrogens with one attached hydrogen (secondary N) is 1. The first-order valence-corrected chi connectivity index (χ1v) is 9.50. The lowest BCUT2D eigenvalue weighted by atomic mass is 10.1. The number of alkyl halides is 3. The van der Waals surface area contributed by atoms with Gasteiger partial charge in [0.15, 0.2) is 11.5 Å². The van der Waals surface area contributed by atoms with Crippen molar-refractivity contribution in [2.24, 2.45) is 0 Å². The van der Waals surface area contributed by atoms with Gasteiger partial charge >= 0.3 is 6.18 Å². The molecular weight excluding hydrogens is 407 g/mol. The van der Waals surface area contributed by atoms with E-state index in [9.17, 15) is 13.2 Å². The molecule has 160 valence electrons. The van der Waals surface area contributed by atoms with Crippen molar-refractivity contribution in [1.29, 1.82) is 0 Å². The molecule has 0 saturated heterocycles. The van der Waals surface area contributed by atoms with Crippen molar-refractivity contribution in [3.63, 3.8) is 0 Å². The number of aromatic nitrogens is 2. The van der Waals surface area contributed by atoms with Crippen LogP contribution in [0.3, 0.4) is 0 Å². The number of hydrogen-bond acceptors (Lipinski definition) is 4. The summed E-state index contributed by atoms with van der Waals surface area (Å²) in [5, 5.41) is 3.32. The number of pyridine rings is 1. The highest BCUT2D eigenvalue weighted by Gasteiger charge is 2.29. The Hall–Kier alpha value is -3.68. The molecule has 0 bridgehead atoms. The summed E-state index contributed by atoms with van der Waals surface area (Å²) < 4.78 is 51.1. The Morgan fingerprint density at radius 1 is 0.935 bits per heavy atom. The van der Waals surface area contributed by atoms with Gasteiger partial charge in [-0.15, -0.1) is 0 Å². The number of rotatable bonds is 6. The molecule has 31 heavy (non-hydrogen) atoms. The molecule has 0 spiro atoms. The van der Waals surface area contributed by atoms with E-state index in [2.05, 4.69) is 5.32 Å². The van der Waals surface area contributed by atoms with Crippen LogP contribution in [0.4, 0.5) is 19.0 Å². The summed E-state index contributed by atoms with van der Waals surface area (Å²) in [6.45, 7) is 0.334. The molecule has 0 radical (unpaired) electrons. The SMILES string of the molecule is COc1ccc(-c2nc3ccccn3c2NCc2ccc(C(F)(F)F)cc2)cc1OC. The second-order valence-corrected chi connectivity index (χ2v) is 6.86. The van der Waals surface area contributed by atoms with E-state index in [1.165, 1.54) is 12.1 Å². The van der Waals surface area contributed by atoms with Crippen molar-refractivity contribution >= 4 is 11.5 Å². The van der Waals surface area contributed by atoms with Crippen molar-refractivity contribution in [1.82, 2.24) is 9.38 Å². The fraction of sp³-hybridized carbons (Fsp3) is 0.174. The van der Waals surface area contributed by atoms with Gasteiger partial charge < -0.3 is 14.8 Å². The van der Waals surface area contributed by atoms with Gasteiger partial charge in [0.05, 0.1) is 19.8 Å². The topological polar surface area (TPSA) is 47.8 Å². The first-order valence-electron chi connectivity index (χ1n) is 9.50. The highest BCUT2D eigenvalue weighted by molar-refractivity contribution is 5.78. The number of halogens is 3. The minimum Gasteiger partial charge on any atom is -0.493 e. The van der Waals surface area contributed by atoms with Crippen LogP contribution in [0.2, 0.25) is 0 Å². The maximum atomic E-state index is 12.8. The molecular formula is C23H20F3N3O2. The van der Waals surface area contributed by atoms with Crippen molar-refractivity contribution < 1.29 is 22.6 Å². The van der Waals surface area contributed by atoms with Crippen LogP contribution in [0.5, 0.6) is 11.5 Å². The Bertz CT molecular complexity index is 1200. The van der Waals surface area contributed by atoms with Crippen molar-refractivity contribution in [3.8, 4) is 22.8 Å². The number of imidazole rings is 1. The lowest BCUT2D eigenvalue weighted by Crippen LogP contribution is -2.06. The van der Waals surface area contributed by atoms with Crippen LogP contribution in [0.1, 0.15) is 11.1 Å². The standard InChI is InChI=1S/C23H20F3N3O2/c1-30-18-11-8-16(13-19(18)31-2)21-22(29-12-4-3-5-20(29)28-21)27-14-15-6-9-17(10-7-15)23(24,25)26/h3-13,27H,14H2,1-2H3. The maximum Gasteiger partial charge on any atom is 0.416 e. The smallest absolute Gasteiger partial charge is 0.416 e. The third kappa shape index (κ3) is 4.14. The number of ether oxygens (including phenoxy) is 2. The molecule has 2 aromatic carbocycles. The summed E-state index contributed by atoms with van der Waals surface area (Å²) in [7, 11) is 3.13. The van der Waals surface area contributed by atoms with E-state index in [0.29, 0.717) is 23.7 Å². The molecule has 0 atom stereocenters. The molecule has 1 N–H and O–H groups in total. The first kappa shape index (κ1) is 20.6. The number of anilines is 1. The van der Waals surface area contributed by atoms with Gasteiger partial charge in [0.1, 0.15) is 17.2 Å². The van der Waals surface area contributed by atoms with Gasteiger partial charge in [-0.2, -0.15) is 13.2 Å². The lowest BCUT2D eigenvalue weighted by molar-refractivity contribution is -0.137. The Kier molecular flexibility index (Phi) is 5.46. The molecule has 0 aliphatic rings. The van der Waals surface area contributed by atoms with Gasteiger partial charge in [-0.25, -0.2) is 4.98 Å². The van der Waals surface area contributed by atoms with Crippen LogP contribution in [0, 0.1) is 0 Å². The van der Waals surface area contributed by atoms with Gasteiger partial charge in [0.2, 0.25) is 0 Å². The number of nitrogens with zero attached hydrogens (tertiary/aromatic N) is 2. The lowest BCUT2D eigenvalue weighted by Gasteiger charge is -2.12. The zero-order chi connectivity index (χ0) is 22.0. The summed E-state index contributed by atoms with van der Waals surface area (Å²) >= 11 is 0. The highest BCUT2D eigenvalue weighted by atomic mass is 19.4. The Morgan fingerprint density at radius 3 is 2.35 bits per heavy atom. The van der Waals surface area contributed by atoms with E-state index < -0.39 is 11.7 Å². The summed E-state index contributed by atoms with van der Waals surface area (Å²) in [4.78, 5) is 4.73. The van der Waals surface area contributed by atoms with Crippen molar-refractivity contribution in [2.45, 2.75) is 12.7 Å². The van der Waals surface area contributed by atoms with Crippen LogP contribution in [-0.2, 0) is 12.7 Å². The summed E-state index contributed by atoms with van der Waals surface area (Å²) in [5.74, 6) is 1.91. The minimum atomic E-state index is -4.35. The summed E-state index contributed by atoms with van der Waals surface area (Å²) in [6, 6.07) is 16.3. The van der Waals surface area contributed by atoms with Crippen molar-refractivity contribution in [3.05, 3.63) is 78.0 Å². The molecule has 0 unspecified atom stereocenters. The highest BCUT2D eigenvalue weighted by Crippen LogP contribution is 2.36. The second-order valence-electron chi connectivity index (χ2n) is 6.86. The average molecular weight is 427 g/mol. The Morgan fingerprint density at radius 2 is 1.68 bits per heavy atom. The quantitative estimate of drug-likeness (QED) is 0.432.